The molecule has 0 saturated heterocycles. The van der Waals surface area contributed by atoms with Crippen LogP contribution in [0.15, 0.2) is 36.8 Å². The number of rotatable bonds is 7. The quantitative estimate of drug-likeness (QED) is 0.852. The summed E-state index contributed by atoms with van der Waals surface area (Å²) in [5.74, 6) is 0.980. The third-order valence-electron chi connectivity index (χ3n) is 3.66. The molecule has 22 heavy (non-hydrogen) atoms. The number of pyridine rings is 1. The standard InChI is InChI=1S/C17H24N4O/c1-4-21(5-2)17-15(7-6-9-18-17)12-19-16(22)11-14-8-10-20(3)13-14/h6-10,13H,4-5,11-12H2,1-3H3,(H,19,22). The summed E-state index contributed by atoms with van der Waals surface area (Å²) >= 11 is 0. The fourth-order valence-corrected chi connectivity index (χ4v) is 2.48. The maximum Gasteiger partial charge on any atom is 0.224 e. The predicted molar refractivity (Wildman–Crippen MR) is 88.8 cm³/mol. The van der Waals surface area contributed by atoms with Gasteiger partial charge in [-0.25, -0.2) is 4.98 Å². The summed E-state index contributed by atoms with van der Waals surface area (Å²) in [5.41, 5.74) is 2.07. The van der Waals surface area contributed by atoms with Gasteiger partial charge in [0.1, 0.15) is 5.82 Å². The Morgan fingerprint density at radius 3 is 2.73 bits per heavy atom. The molecule has 0 fully saturated rings. The Morgan fingerprint density at radius 2 is 2.09 bits per heavy atom. The number of carbonyl (C=O) groups excluding carboxylic acids is 1. The molecule has 0 saturated carbocycles. The Bertz CT molecular complexity index is 617. The molecule has 1 N–H and O–H groups in total. The van der Waals surface area contributed by atoms with Crippen LogP contribution in [-0.4, -0.2) is 28.5 Å². The second kappa shape index (κ2) is 7.64. The number of aryl methyl sites for hydroxylation is 1. The van der Waals surface area contributed by atoms with E-state index in [4.69, 9.17) is 0 Å². The van der Waals surface area contributed by atoms with E-state index < -0.39 is 0 Å². The molecule has 0 aliphatic rings. The van der Waals surface area contributed by atoms with Crippen molar-refractivity contribution in [3.05, 3.63) is 47.9 Å². The Hall–Kier alpha value is -2.30. The van der Waals surface area contributed by atoms with Crippen molar-refractivity contribution in [3.63, 3.8) is 0 Å². The summed E-state index contributed by atoms with van der Waals surface area (Å²) in [5, 5.41) is 2.99. The first-order chi connectivity index (χ1) is 10.6. The predicted octanol–water partition coefficient (Wildman–Crippen LogP) is 2.13. The molecule has 0 spiro atoms. The Balaban J connectivity index is 1.97. The summed E-state index contributed by atoms with van der Waals surface area (Å²) < 4.78 is 1.95. The van der Waals surface area contributed by atoms with Crippen LogP contribution >= 0.6 is 0 Å². The highest BCUT2D eigenvalue weighted by Crippen LogP contribution is 2.16. The minimum atomic E-state index is 0.0283. The Labute approximate surface area is 132 Å². The van der Waals surface area contributed by atoms with Gasteiger partial charge >= 0.3 is 0 Å². The number of hydrogen-bond acceptors (Lipinski definition) is 3. The molecule has 2 aromatic heterocycles. The SMILES string of the molecule is CCN(CC)c1ncccc1CNC(=O)Cc1ccn(C)c1. The zero-order chi connectivity index (χ0) is 15.9. The van der Waals surface area contributed by atoms with Gasteiger partial charge in [0.05, 0.1) is 6.42 Å². The topological polar surface area (TPSA) is 50.2 Å². The molecule has 0 radical (unpaired) electrons. The van der Waals surface area contributed by atoms with Gasteiger partial charge < -0.3 is 14.8 Å². The van der Waals surface area contributed by atoms with Crippen LogP contribution < -0.4 is 10.2 Å². The molecule has 2 aromatic rings. The number of carbonyl (C=O) groups is 1. The summed E-state index contributed by atoms with van der Waals surface area (Å²) in [4.78, 5) is 18.7. The molecule has 118 valence electrons. The average molecular weight is 300 g/mol. The first-order valence-corrected chi connectivity index (χ1v) is 7.70. The van der Waals surface area contributed by atoms with E-state index in [0.717, 1.165) is 30.0 Å². The average Bonchev–Trinajstić information content (AvgIpc) is 2.92. The van der Waals surface area contributed by atoms with E-state index in [0.29, 0.717) is 13.0 Å². The molecule has 2 heterocycles. The molecule has 0 bridgehead atoms. The van der Waals surface area contributed by atoms with Crippen LogP contribution in [-0.2, 0) is 24.8 Å². The lowest BCUT2D eigenvalue weighted by Gasteiger charge is -2.22. The molecular formula is C17H24N4O. The van der Waals surface area contributed by atoms with Gasteiger partial charge in [-0.2, -0.15) is 0 Å². The summed E-state index contributed by atoms with van der Waals surface area (Å²) in [6.45, 7) is 6.52. The molecular weight excluding hydrogens is 276 g/mol. The maximum absolute atomic E-state index is 12.1. The fourth-order valence-electron chi connectivity index (χ4n) is 2.48. The summed E-state index contributed by atoms with van der Waals surface area (Å²) in [6, 6.07) is 5.89. The van der Waals surface area contributed by atoms with Gasteiger partial charge in [-0.15, -0.1) is 0 Å². The highest BCUT2D eigenvalue weighted by atomic mass is 16.1. The minimum absolute atomic E-state index is 0.0283. The van der Waals surface area contributed by atoms with Gasteiger partial charge in [-0.1, -0.05) is 6.07 Å². The van der Waals surface area contributed by atoms with Crippen LogP contribution in [0.1, 0.15) is 25.0 Å². The third kappa shape index (κ3) is 4.10. The Morgan fingerprint density at radius 1 is 1.32 bits per heavy atom. The van der Waals surface area contributed by atoms with Gasteiger partial charge in [-0.3, -0.25) is 4.79 Å². The largest absolute Gasteiger partial charge is 0.357 e. The third-order valence-corrected chi connectivity index (χ3v) is 3.66. The van der Waals surface area contributed by atoms with Crippen molar-refractivity contribution < 1.29 is 4.79 Å². The smallest absolute Gasteiger partial charge is 0.224 e. The molecule has 0 aliphatic heterocycles. The van der Waals surface area contributed by atoms with Gasteiger partial charge in [0.25, 0.3) is 0 Å². The molecule has 5 nitrogen and oxygen atoms in total. The molecule has 0 atom stereocenters. The molecule has 0 unspecified atom stereocenters. The highest BCUT2D eigenvalue weighted by molar-refractivity contribution is 5.78. The van der Waals surface area contributed by atoms with E-state index >= 15 is 0 Å². The lowest BCUT2D eigenvalue weighted by Crippen LogP contribution is -2.28. The zero-order valence-corrected chi connectivity index (χ0v) is 13.5. The number of nitrogens with one attached hydrogen (secondary N) is 1. The second-order valence-electron chi connectivity index (χ2n) is 5.30. The number of aromatic nitrogens is 2. The first-order valence-electron chi connectivity index (χ1n) is 7.70. The van der Waals surface area contributed by atoms with Crippen LogP contribution in [0.4, 0.5) is 5.82 Å². The van der Waals surface area contributed by atoms with E-state index in [9.17, 15) is 4.79 Å². The van der Waals surface area contributed by atoms with Crippen LogP contribution in [0, 0.1) is 0 Å². The number of amides is 1. The normalized spacial score (nSPS) is 10.5. The highest BCUT2D eigenvalue weighted by Gasteiger charge is 2.11. The van der Waals surface area contributed by atoms with Crippen molar-refractivity contribution >= 4 is 11.7 Å². The maximum atomic E-state index is 12.1. The minimum Gasteiger partial charge on any atom is -0.357 e. The molecule has 2 rings (SSSR count). The monoisotopic (exact) mass is 300 g/mol. The first kappa shape index (κ1) is 16.1. The number of nitrogens with zero attached hydrogens (tertiary/aromatic N) is 3. The van der Waals surface area contributed by atoms with Crippen molar-refractivity contribution in [1.29, 1.82) is 0 Å². The van der Waals surface area contributed by atoms with E-state index in [1.54, 1.807) is 6.20 Å². The number of hydrogen-bond donors (Lipinski definition) is 1. The van der Waals surface area contributed by atoms with Gasteiger partial charge in [0.2, 0.25) is 5.91 Å². The van der Waals surface area contributed by atoms with Crippen molar-refractivity contribution in [1.82, 2.24) is 14.9 Å². The van der Waals surface area contributed by atoms with E-state index in [-0.39, 0.29) is 5.91 Å². The van der Waals surface area contributed by atoms with E-state index in [1.807, 2.05) is 42.2 Å². The van der Waals surface area contributed by atoms with Crippen molar-refractivity contribution in [3.8, 4) is 0 Å². The summed E-state index contributed by atoms with van der Waals surface area (Å²) in [7, 11) is 1.95. The van der Waals surface area contributed by atoms with E-state index in [2.05, 4.69) is 29.0 Å². The molecule has 5 heteroatoms. The van der Waals surface area contributed by atoms with Gasteiger partial charge in [0, 0.05) is 50.8 Å². The van der Waals surface area contributed by atoms with Crippen LogP contribution in [0.3, 0.4) is 0 Å². The van der Waals surface area contributed by atoms with Gasteiger partial charge in [-0.05, 0) is 31.5 Å². The number of anilines is 1. The van der Waals surface area contributed by atoms with Crippen LogP contribution in [0.2, 0.25) is 0 Å². The van der Waals surface area contributed by atoms with Crippen LogP contribution in [0.25, 0.3) is 0 Å². The lowest BCUT2D eigenvalue weighted by molar-refractivity contribution is -0.120. The molecule has 0 aliphatic carbocycles. The van der Waals surface area contributed by atoms with E-state index in [1.165, 1.54) is 0 Å². The van der Waals surface area contributed by atoms with Crippen molar-refractivity contribution in [2.45, 2.75) is 26.8 Å². The zero-order valence-electron chi connectivity index (χ0n) is 13.5. The molecule has 1 amide bonds. The molecule has 0 aromatic carbocycles. The summed E-state index contributed by atoms with van der Waals surface area (Å²) in [6.07, 6.45) is 6.11. The van der Waals surface area contributed by atoms with Crippen molar-refractivity contribution in [2.24, 2.45) is 7.05 Å². The Kier molecular flexibility index (Phi) is 5.58. The lowest BCUT2D eigenvalue weighted by atomic mass is 10.2. The fraction of sp³-hybridized carbons (Fsp3) is 0.412. The van der Waals surface area contributed by atoms with Crippen LogP contribution in [0.5, 0.6) is 0 Å². The van der Waals surface area contributed by atoms with Crippen molar-refractivity contribution in [2.75, 3.05) is 18.0 Å². The van der Waals surface area contributed by atoms with Gasteiger partial charge in [0.15, 0.2) is 0 Å². The second-order valence-corrected chi connectivity index (χ2v) is 5.30.